The van der Waals surface area contributed by atoms with Crippen molar-refractivity contribution >= 4 is 28.8 Å². The molecule has 2 N–H and O–H groups in total. The second-order valence-corrected chi connectivity index (χ2v) is 6.16. The molecule has 0 radical (unpaired) electrons. The van der Waals surface area contributed by atoms with Gasteiger partial charge in [-0.3, -0.25) is 9.59 Å². The molecule has 0 fully saturated rings. The molecule has 0 atom stereocenters. The minimum atomic E-state index is -0.642. The van der Waals surface area contributed by atoms with E-state index in [1.54, 1.807) is 23.5 Å². The lowest BCUT2D eigenvalue weighted by atomic mass is 10.1. The van der Waals surface area contributed by atoms with Crippen LogP contribution in [0.2, 0.25) is 0 Å². The highest BCUT2D eigenvalue weighted by atomic mass is 32.1. The summed E-state index contributed by atoms with van der Waals surface area (Å²) >= 11 is 1.65. The highest BCUT2D eigenvalue weighted by Gasteiger charge is 2.13. The Kier molecular flexibility index (Phi) is 5.72. The Bertz CT molecular complexity index is 647. The van der Waals surface area contributed by atoms with Gasteiger partial charge in [0.1, 0.15) is 0 Å². The largest absolute Gasteiger partial charge is 0.343 e. The van der Waals surface area contributed by atoms with Crippen LogP contribution in [0.4, 0.5) is 5.69 Å². The van der Waals surface area contributed by atoms with Gasteiger partial charge in [0, 0.05) is 15.4 Å². The van der Waals surface area contributed by atoms with Crippen LogP contribution in [-0.4, -0.2) is 11.8 Å². The van der Waals surface area contributed by atoms with Gasteiger partial charge >= 0.3 is 11.8 Å². The van der Waals surface area contributed by atoms with Crippen molar-refractivity contribution in [2.75, 3.05) is 5.32 Å². The predicted molar refractivity (Wildman–Crippen MR) is 90.0 cm³/mol. The molecule has 0 aliphatic carbocycles. The molecular formula is C17H20N2O2S. The van der Waals surface area contributed by atoms with Crippen molar-refractivity contribution in [3.8, 4) is 0 Å². The molecule has 0 aliphatic heterocycles. The number of carbonyl (C=O) groups excluding carboxylic acids is 2. The maximum absolute atomic E-state index is 11.8. The Morgan fingerprint density at radius 1 is 0.909 bits per heavy atom. The lowest BCUT2D eigenvalue weighted by molar-refractivity contribution is -0.136. The normalized spacial score (nSPS) is 10.3. The van der Waals surface area contributed by atoms with Crippen LogP contribution in [0.5, 0.6) is 0 Å². The zero-order valence-corrected chi connectivity index (χ0v) is 13.6. The monoisotopic (exact) mass is 316 g/mol. The van der Waals surface area contributed by atoms with Crippen LogP contribution in [0.3, 0.4) is 0 Å². The molecule has 0 unspecified atom stereocenters. The number of nitrogens with one attached hydrogen (secondary N) is 2. The first-order chi connectivity index (χ1) is 10.6. The number of hydrogen-bond acceptors (Lipinski definition) is 3. The van der Waals surface area contributed by atoms with Gasteiger partial charge in [0.2, 0.25) is 0 Å². The van der Waals surface area contributed by atoms with E-state index >= 15 is 0 Å². The Balaban J connectivity index is 1.84. The topological polar surface area (TPSA) is 58.2 Å². The van der Waals surface area contributed by atoms with Crippen molar-refractivity contribution in [2.45, 2.75) is 33.2 Å². The second kappa shape index (κ2) is 7.75. The Hall–Kier alpha value is -2.14. The van der Waals surface area contributed by atoms with Crippen LogP contribution in [0.25, 0.3) is 0 Å². The summed E-state index contributed by atoms with van der Waals surface area (Å²) in [7, 11) is 0. The van der Waals surface area contributed by atoms with Gasteiger partial charge in [0.25, 0.3) is 0 Å². The summed E-state index contributed by atoms with van der Waals surface area (Å²) in [6.45, 7) is 4.53. The summed E-state index contributed by atoms with van der Waals surface area (Å²) in [4.78, 5) is 25.9. The number of aryl methyl sites for hydroxylation is 2. The molecule has 1 aromatic heterocycles. The van der Waals surface area contributed by atoms with Crippen LogP contribution in [0.1, 0.15) is 29.2 Å². The standard InChI is InChI=1S/C17H20N2O2S/c1-3-12-5-7-13(8-6-12)19-17(21)16(20)18-11-15-10-9-14(4-2)22-15/h5-10H,3-4,11H2,1-2H3,(H,18,20)(H,19,21). The van der Waals surface area contributed by atoms with E-state index in [4.69, 9.17) is 0 Å². The molecule has 5 heteroatoms. The van der Waals surface area contributed by atoms with Crippen molar-refractivity contribution in [3.05, 3.63) is 51.7 Å². The molecule has 0 aliphatic rings. The van der Waals surface area contributed by atoms with Crippen molar-refractivity contribution < 1.29 is 9.59 Å². The van der Waals surface area contributed by atoms with Crippen LogP contribution in [-0.2, 0) is 29.0 Å². The van der Waals surface area contributed by atoms with Gasteiger partial charge in [-0.1, -0.05) is 26.0 Å². The van der Waals surface area contributed by atoms with Crippen LogP contribution < -0.4 is 10.6 Å². The second-order valence-electron chi connectivity index (χ2n) is 4.91. The van der Waals surface area contributed by atoms with E-state index in [9.17, 15) is 9.59 Å². The smallest absolute Gasteiger partial charge is 0.313 e. The average Bonchev–Trinajstić information content (AvgIpc) is 3.01. The first-order valence-electron chi connectivity index (χ1n) is 7.38. The van der Waals surface area contributed by atoms with E-state index in [0.29, 0.717) is 12.2 Å². The quantitative estimate of drug-likeness (QED) is 0.833. The molecule has 0 saturated carbocycles. The first-order valence-corrected chi connectivity index (χ1v) is 8.19. The molecule has 4 nitrogen and oxygen atoms in total. The molecule has 0 bridgehead atoms. The molecule has 22 heavy (non-hydrogen) atoms. The van der Waals surface area contributed by atoms with E-state index in [2.05, 4.69) is 24.5 Å². The van der Waals surface area contributed by atoms with Gasteiger partial charge in [-0.15, -0.1) is 11.3 Å². The van der Waals surface area contributed by atoms with Gasteiger partial charge in [-0.05, 0) is 42.7 Å². The number of benzene rings is 1. The van der Waals surface area contributed by atoms with Crippen molar-refractivity contribution in [1.82, 2.24) is 5.32 Å². The third kappa shape index (κ3) is 4.43. The molecule has 2 rings (SSSR count). The zero-order valence-electron chi connectivity index (χ0n) is 12.8. The third-order valence-electron chi connectivity index (χ3n) is 3.32. The zero-order chi connectivity index (χ0) is 15.9. The highest BCUT2D eigenvalue weighted by molar-refractivity contribution is 7.11. The van der Waals surface area contributed by atoms with Crippen LogP contribution in [0, 0.1) is 0 Å². The van der Waals surface area contributed by atoms with E-state index in [-0.39, 0.29) is 0 Å². The maximum Gasteiger partial charge on any atom is 0.313 e. The van der Waals surface area contributed by atoms with Gasteiger partial charge in [-0.2, -0.15) is 0 Å². The van der Waals surface area contributed by atoms with Crippen LogP contribution >= 0.6 is 11.3 Å². The minimum absolute atomic E-state index is 0.381. The summed E-state index contributed by atoms with van der Waals surface area (Å²) in [6.07, 6.45) is 1.92. The van der Waals surface area contributed by atoms with Gasteiger partial charge < -0.3 is 10.6 Å². The average molecular weight is 316 g/mol. The number of carbonyl (C=O) groups is 2. The number of thiophene rings is 1. The summed E-state index contributed by atoms with van der Waals surface area (Å²) in [5.74, 6) is -1.26. The predicted octanol–water partition coefficient (Wildman–Crippen LogP) is 3.13. The van der Waals surface area contributed by atoms with E-state index < -0.39 is 11.8 Å². The fourth-order valence-electron chi connectivity index (χ4n) is 1.97. The summed E-state index contributed by atoms with van der Waals surface area (Å²) in [5.41, 5.74) is 1.81. The maximum atomic E-state index is 11.8. The number of rotatable bonds is 5. The molecule has 0 saturated heterocycles. The summed E-state index contributed by atoms with van der Waals surface area (Å²) in [5, 5.41) is 5.24. The Morgan fingerprint density at radius 2 is 1.59 bits per heavy atom. The molecule has 2 aromatic rings. The van der Waals surface area contributed by atoms with Crippen LogP contribution in [0.15, 0.2) is 36.4 Å². The number of hydrogen-bond donors (Lipinski definition) is 2. The lowest BCUT2D eigenvalue weighted by Crippen LogP contribution is -2.34. The first kappa shape index (κ1) is 16.2. The number of anilines is 1. The molecule has 1 heterocycles. The van der Waals surface area contributed by atoms with Crippen molar-refractivity contribution in [3.63, 3.8) is 0 Å². The molecule has 2 amide bonds. The van der Waals surface area contributed by atoms with E-state index in [0.717, 1.165) is 17.7 Å². The van der Waals surface area contributed by atoms with Gasteiger partial charge in [0.05, 0.1) is 6.54 Å². The molecule has 116 valence electrons. The summed E-state index contributed by atoms with van der Waals surface area (Å²) in [6, 6.07) is 11.5. The highest BCUT2D eigenvalue weighted by Crippen LogP contribution is 2.16. The molecule has 0 spiro atoms. The van der Waals surface area contributed by atoms with Crippen molar-refractivity contribution in [1.29, 1.82) is 0 Å². The summed E-state index contributed by atoms with van der Waals surface area (Å²) < 4.78 is 0. The minimum Gasteiger partial charge on any atom is -0.343 e. The Morgan fingerprint density at radius 3 is 2.18 bits per heavy atom. The van der Waals surface area contributed by atoms with Crippen molar-refractivity contribution in [2.24, 2.45) is 0 Å². The van der Waals surface area contributed by atoms with E-state index in [1.807, 2.05) is 24.3 Å². The lowest BCUT2D eigenvalue weighted by Gasteiger charge is -2.06. The fraction of sp³-hybridized carbons (Fsp3) is 0.294. The SMILES string of the molecule is CCc1ccc(NC(=O)C(=O)NCc2ccc(CC)s2)cc1. The molecule has 1 aromatic carbocycles. The Labute approximate surface area is 134 Å². The molecular weight excluding hydrogens is 296 g/mol. The fourth-order valence-corrected chi connectivity index (χ4v) is 2.86. The van der Waals surface area contributed by atoms with Gasteiger partial charge in [-0.25, -0.2) is 0 Å². The third-order valence-corrected chi connectivity index (χ3v) is 4.54. The van der Waals surface area contributed by atoms with Gasteiger partial charge in [0.15, 0.2) is 0 Å². The number of amides is 2. The van der Waals surface area contributed by atoms with E-state index in [1.165, 1.54) is 10.4 Å².